The molecule has 0 aromatic carbocycles. The van der Waals surface area contributed by atoms with Crippen LogP contribution in [-0.2, 0) is 0 Å². The lowest BCUT2D eigenvalue weighted by molar-refractivity contribution is 0.710. The minimum absolute atomic E-state index is 1.20. The molecule has 0 spiro atoms. The minimum Gasteiger partial charge on any atom is -0.0887 e. The Hall–Kier alpha value is -0.780. The highest BCUT2D eigenvalue weighted by Crippen LogP contribution is 2.13. The van der Waals surface area contributed by atoms with E-state index in [-0.39, 0.29) is 0 Å². The third kappa shape index (κ3) is 12.0. The number of allylic oxidation sites excluding steroid dienone is 6. The summed E-state index contributed by atoms with van der Waals surface area (Å²) in [5.74, 6) is 0. The molecule has 0 aliphatic heterocycles. The van der Waals surface area contributed by atoms with Gasteiger partial charge in [-0.05, 0) is 66.2 Å². The summed E-state index contributed by atoms with van der Waals surface area (Å²) in [6, 6.07) is 0. The summed E-state index contributed by atoms with van der Waals surface area (Å²) < 4.78 is 0. The van der Waals surface area contributed by atoms with Crippen LogP contribution in [0.2, 0.25) is 0 Å². The largest absolute Gasteiger partial charge is 0.0887 e. The zero-order valence-electron chi connectivity index (χ0n) is 13.9. The molecule has 0 bridgehead atoms. The van der Waals surface area contributed by atoms with Crippen LogP contribution >= 0.6 is 0 Å². The van der Waals surface area contributed by atoms with Gasteiger partial charge < -0.3 is 0 Å². The predicted octanol–water partition coefficient (Wildman–Crippen LogP) is 6.99. The van der Waals surface area contributed by atoms with Crippen LogP contribution in [0.3, 0.4) is 0 Å². The van der Waals surface area contributed by atoms with Gasteiger partial charge in [0.2, 0.25) is 0 Å². The average molecular weight is 262 g/mol. The van der Waals surface area contributed by atoms with Gasteiger partial charge >= 0.3 is 0 Å². The molecule has 0 N–H and O–H groups in total. The fourth-order valence-corrected chi connectivity index (χ4v) is 2.09. The van der Waals surface area contributed by atoms with Gasteiger partial charge in [0.15, 0.2) is 0 Å². The van der Waals surface area contributed by atoms with Crippen molar-refractivity contribution in [2.45, 2.75) is 86.0 Å². The number of rotatable bonds is 10. The van der Waals surface area contributed by atoms with E-state index in [4.69, 9.17) is 0 Å². The van der Waals surface area contributed by atoms with E-state index in [2.05, 4.69) is 52.8 Å². The molecule has 0 nitrogen and oxygen atoms in total. The van der Waals surface area contributed by atoms with Gasteiger partial charge in [0.25, 0.3) is 0 Å². The molecule has 0 aromatic heterocycles. The Morgan fingerprint density at radius 3 is 1.79 bits per heavy atom. The van der Waals surface area contributed by atoms with Crippen molar-refractivity contribution in [3.8, 4) is 0 Å². The summed E-state index contributed by atoms with van der Waals surface area (Å²) in [6.45, 7) is 11.2. The maximum absolute atomic E-state index is 2.43. The molecule has 0 radical (unpaired) electrons. The van der Waals surface area contributed by atoms with Crippen LogP contribution in [0.25, 0.3) is 0 Å². The Labute approximate surface area is 121 Å². The van der Waals surface area contributed by atoms with E-state index < -0.39 is 0 Å². The van der Waals surface area contributed by atoms with E-state index in [1.165, 1.54) is 56.9 Å². The number of hydrogen-bond donors (Lipinski definition) is 0. The monoisotopic (exact) mass is 262 g/mol. The van der Waals surface area contributed by atoms with Crippen LogP contribution in [0.15, 0.2) is 34.9 Å². The predicted molar refractivity (Wildman–Crippen MR) is 89.6 cm³/mol. The van der Waals surface area contributed by atoms with Gasteiger partial charge in [0.1, 0.15) is 0 Å². The maximum Gasteiger partial charge on any atom is -0.0288 e. The Morgan fingerprint density at radius 1 is 0.737 bits per heavy atom. The van der Waals surface area contributed by atoms with Crippen molar-refractivity contribution >= 4 is 0 Å². The molecule has 0 atom stereocenters. The highest BCUT2D eigenvalue weighted by Gasteiger charge is 1.93. The first-order chi connectivity index (χ1) is 9.10. The van der Waals surface area contributed by atoms with E-state index in [9.17, 15) is 0 Å². The standard InChI is InChI=1S/C19H34/c1-6-8-9-12-18(4)15-11-16-19(5)14-10-13-17(3)7-2/h7,14-15H,6,8-13,16H2,1-5H3. The highest BCUT2D eigenvalue weighted by molar-refractivity contribution is 5.05. The first kappa shape index (κ1) is 18.2. The van der Waals surface area contributed by atoms with Crippen molar-refractivity contribution in [2.24, 2.45) is 0 Å². The lowest BCUT2D eigenvalue weighted by Gasteiger charge is -2.02. The van der Waals surface area contributed by atoms with Crippen LogP contribution < -0.4 is 0 Å². The lowest BCUT2D eigenvalue weighted by atomic mass is 10.0. The average Bonchev–Trinajstić information content (AvgIpc) is 2.38. The molecule has 0 fully saturated rings. The van der Waals surface area contributed by atoms with Gasteiger partial charge in [-0.1, -0.05) is 54.7 Å². The first-order valence-electron chi connectivity index (χ1n) is 8.03. The van der Waals surface area contributed by atoms with Gasteiger partial charge in [-0.2, -0.15) is 0 Å². The van der Waals surface area contributed by atoms with Crippen LogP contribution in [0.1, 0.15) is 86.0 Å². The van der Waals surface area contributed by atoms with Crippen molar-refractivity contribution < 1.29 is 0 Å². The molecule has 0 amide bonds. The molecule has 0 aliphatic rings. The van der Waals surface area contributed by atoms with E-state index in [1.54, 1.807) is 11.1 Å². The van der Waals surface area contributed by atoms with E-state index in [0.717, 1.165) is 0 Å². The quantitative estimate of drug-likeness (QED) is 0.294. The molecule has 0 aliphatic carbocycles. The van der Waals surface area contributed by atoms with Crippen molar-refractivity contribution in [2.75, 3.05) is 0 Å². The molecular formula is C19H34. The molecule has 0 saturated heterocycles. The SMILES string of the molecule is CC=C(C)CCC=C(C)CCC=C(C)CCCCC. The minimum atomic E-state index is 1.20. The van der Waals surface area contributed by atoms with Crippen molar-refractivity contribution in [3.05, 3.63) is 34.9 Å². The molecule has 110 valence electrons. The summed E-state index contributed by atoms with van der Waals surface area (Å²) >= 11 is 0. The van der Waals surface area contributed by atoms with Crippen molar-refractivity contribution in [1.82, 2.24) is 0 Å². The van der Waals surface area contributed by atoms with Gasteiger partial charge in [0.05, 0.1) is 0 Å². The zero-order chi connectivity index (χ0) is 14.5. The fourth-order valence-electron chi connectivity index (χ4n) is 2.09. The van der Waals surface area contributed by atoms with Crippen LogP contribution in [0.5, 0.6) is 0 Å². The summed E-state index contributed by atoms with van der Waals surface area (Å²) in [5, 5.41) is 0. The Kier molecular flexibility index (Phi) is 11.8. The van der Waals surface area contributed by atoms with E-state index in [0.29, 0.717) is 0 Å². The normalized spacial score (nSPS) is 14.1. The summed E-state index contributed by atoms with van der Waals surface area (Å²) in [4.78, 5) is 0. The summed E-state index contributed by atoms with van der Waals surface area (Å²) in [7, 11) is 0. The Morgan fingerprint density at radius 2 is 1.26 bits per heavy atom. The third-order valence-electron chi connectivity index (χ3n) is 3.73. The third-order valence-corrected chi connectivity index (χ3v) is 3.73. The molecule has 0 heteroatoms. The van der Waals surface area contributed by atoms with E-state index in [1.807, 2.05) is 0 Å². The summed E-state index contributed by atoms with van der Waals surface area (Å²) in [6.07, 6.45) is 17.2. The molecule has 0 aromatic rings. The van der Waals surface area contributed by atoms with Gasteiger partial charge in [-0.15, -0.1) is 0 Å². The van der Waals surface area contributed by atoms with Crippen LogP contribution in [0, 0.1) is 0 Å². The molecule has 19 heavy (non-hydrogen) atoms. The smallest absolute Gasteiger partial charge is 0.0288 e. The molecule has 0 heterocycles. The van der Waals surface area contributed by atoms with Gasteiger partial charge in [0, 0.05) is 0 Å². The number of hydrogen-bond acceptors (Lipinski definition) is 0. The molecule has 0 rings (SSSR count). The van der Waals surface area contributed by atoms with E-state index >= 15 is 0 Å². The Balaban J connectivity index is 3.79. The van der Waals surface area contributed by atoms with Crippen LogP contribution in [0.4, 0.5) is 0 Å². The second-order valence-corrected chi connectivity index (χ2v) is 5.77. The number of unbranched alkanes of at least 4 members (excludes halogenated alkanes) is 2. The molecule has 0 saturated carbocycles. The molecular weight excluding hydrogens is 228 g/mol. The zero-order valence-corrected chi connectivity index (χ0v) is 13.9. The van der Waals surface area contributed by atoms with Crippen LogP contribution in [-0.4, -0.2) is 0 Å². The fraction of sp³-hybridized carbons (Fsp3) is 0.684. The van der Waals surface area contributed by atoms with Crippen molar-refractivity contribution in [3.63, 3.8) is 0 Å². The second-order valence-electron chi connectivity index (χ2n) is 5.77. The highest BCUT2D eigenvalue weighted by atomic mass is 14.0. The topological polar surface area (TPSA) is 0 Å². The van der Waals surface area contributed by atoms with Crippen molar-refractivity contribution in [1.29, 1.82) is 0 Å². The molecule has 0 unspecified atom stereocenters. The second kappa shape index (κ2) is 12.3. The van der Waals surface area contributed by atoms with Gasteiger partial charge in [-0.3, -0.25) is 0 Å². The summed E-state index contributed by atoms with van der Waals surface area (Å²) in [5.41, 5.74) is 4.61. The maximum atomic E-state index is 2.43. The lowest BCUT2D eigenvalue weighted by Crippen LogP contribution is -1.82. The van der Waals surface area contributed by atoms with Gasteiger partial charge in [-0.25, -0.2) is 0 Å². The Bertz CT molecular complexity index is 302. The first-order valence-corrected chi connectivity index (χ1v) is 8.03.